The summed E-state index contributed by atoms with van der Waals surface area (Å²) < 4.78 is 0. The highest BCUT2D eigenvalue weighted by Gasteiger charge is 2.15. The van der Waals surface area contributed by atoms with E-state index in [1.54, 1.807) is 4.90 Å². The zero-order chi connectivity index (χ0) is 13.1. The first-order chi connectivity index (χ1) is 8.13. The van der Waals surface area contributed by atoms with E-state index in [2.05, 4.69) is 6.07 Å². The van der Waals surface area contributed by atoms with E-state index in [-0.39, 0.29) is 11.9 Å². The maximum Gasteiger partial charge on any atom is 0.222 e. The van der Waals surface area contributed by atoms with Crippen molar-refractivity contribution in [1.29, 1.82) is 5.26 Å². The summed E-state index contributed by atoms with van der Waals surface area (Å²) in [7, 11) is 0. The Labute approximate surface area is 105 Å². The molecule has 0 atom stereocenters. The van der Waals surface area contributed by atoms with Crippen molar-refractivity contribution in [3.05, 3.63) is 0 Å². The third-order valence-electron chi connectivity index (χ3n) is 2.75. The Morgan fingerprint density at radius 2 is 1.94 bits per heavy atom. The molecule has 0 aromatic rings. The van der Waals surface area contributed by atoms with Gasteiger partial charge in [0.15, 0.2) is 0 Å². The van der Waals surface area contributed by atoms with Crippen LogP contribution in [0, 0.1) is 11.3 Å². The Bertz CT molecular complexity index is 246. The predicted molar refractivity (Wildman–Crippen MR) is 69.2 cm³/mol. The van der Waals surface area contributed by atoms with Gasteiger partial charge in [0.1, 0.15) is 0 Å². The summed E-state index contributed by atoms with van der Waals surface area (Å²) in [6, 6.07) is 2.26. The van der Waals surface area contributed by atoms with Crippen molar-refractivity contribution in [2.45, 2.75) is 58.4 Å². The molecule has 0 aliphatic heterocycles. The van der Waals surface area contributed by atoms with Crippen molar-refractivity contribution in [3.63, 3.8) is 0 Å². The molecule has 0 unspecified atom stereocenters. The average Bonchev–Trinajstić information content (AvgIpc) is 2.29. The third-order valence-corrected chi connectivity index (χ3v) is 2.75. The van der Waals surface area contributed by atoms with Crippen molar-refractivity contribution in [3.8, 4) is 6.07 Å². The van der Waals surface area contributed by atoms with E-state index in [1.165, 1.54) is 0 Å². The summed E-state index contributed by atoms with van der Waals surface area (Å²) in [6.07, 6.45) is 5.13. The second-order valence-electron chi connectivity index (χ2n) is 4.54. The Morgan fingerprint density at radius 3 is 2.47 bits per heavy atom. The lowest BCUT2D eigenvalue weighted by Crippen LogP contribution is -2.37. The highest BCUT2D eigenvalue weighted by atomic mass is 16.2. The molecule has 0 heterocycles. The summed E-state index contributed by atoms with van der Waals surface area (Å²) >= 11 is 0. The molecule has 0 radical (unpaired) electrons. The molecule has 0 fully saturated rings. The van der Waals surface area contributed by atoms with E-state index in [4.69, 9.17) is 11.0 Å². The molecule has 0 saturated carbocycles. The summed E-state index contributed by atoms with van der Waals surface area (Å²) in [6.45, 7) is 5.26. The van der Waals surface area contributed by atoms with Crippen LogP contribution in [0.2, 0.25) is 0 Å². The SMILES string of the molecule is CC(C)N(CCC#N)C(=O)CCCCCCN. The number of carbonyl (C=O) groups excluding carboxylic acids is 1. The number of unbranched alkanes of at least 4 members (excludes halogenated alkanes) is 3. The summed E-state index contributed by atoms with van der Waals surface area (Å²) in [5.41, 5.74) is 5.41. The molecule has 0 rings (SSSR count). The fourth-order valence-corrected chi connectivity index (χ4v) is 1.76. The molecule has 98 valence electrons. The average molecular weight is 239 g/mol. The van der Waals surface area contributed by atoms with Crippen LogP contribution in [0.15, 0.2) is 0 Å². The zero-order valence-electron chi connectivity index (χ0n) is 11.1. The van der Waals surface area contributed by atoms with Gasteiger partial charge in [-0.15, -0.1) is 0 Å². The molecule has 0 aromatic carbocycles. The van der Waals surface area contributed by atoms with Gasteiger partial charge in [0, 0.05) is 19.0 Å². The quantitative estimate of drug-likeness (QED) is 0.626. The molecule has 17 heavy (non-hydrogen) atoms. The van der Waals surface area contributed by atoms with Crippen LogP contribution in [0.5, 0.6) is 0 Å². The number of nitriles is 1. The number of nitrogens with two attached hydrogens (primary N) is 1. The van der Waals surface area contributed by atoms with E-state index in [0.29, 0.717) is 19.4 Å². The van der Waals surface area contributed by atoms with E-state index in [1.807, 2.05) is 13.8 Å². The molecular formula is C13H25N3O. The molecule has 0 saturated heterocycles. The molecule has 0 aliphatic carbocycles. The molecule has 0 aromatic heterocycles. The third kappa shape index (κ3) is 7.76. The number of rotatable bonds is 9. The highest BCUT2D eigenvalue weighted by Crippen LogP contribution is 2.08. The molecule has 1 amide bonds. The van der Waals surface area contributed by atoms with Crippen LogP contribution in [-0.4, -0.2) is 29.9 Å². The minimum absolute atomic E-state index is 0.169. The summed E-state index contributed by atoms with van der Waals surface area (Å²) in [4.78, 5) is 13.7. The molecular weight excluding hydrogens is 214 g/mol. The van der Waals surface area contributed by atoms with Crippen LogP contribution in [0.3, 0.4) is 0 Å². The number of amides is 1. The predicted octanol–water partition coefficient (Wildman–Crippen LogP) is 2.05. The van der Waals surface area contributed by atoms with Crippen molar-refractivity contribution in [2.75, 3.05) is 13.1 Å². The van der Waals surface area contributed by atoms with Crippen molar-refractivity contribution in [2.24, 2.45) is 5.73 Å². The minimum Gasteiger partial charge on any atom is -0.339 e. The normalized spacial score (nSPS) is 10.3. The number of carbonyl (C=O) groups is 1. The lowest BCUT2D eigenvalue weighted by molar-refractivity contribution is -0.132. The summed E-state index contributed by atoms with van der Waals surface area (Å²) in [5.74, 6) is 0.169. The van der Waals surface area contributed by atoms with Gasteiger partial charge in [-0.2, -0.15) is 5.26 Å². The number of nitrogens with zero attached hydrogens (tertiary/aromatic N) is 2. The first-order valence-electron chi connectivity index (χ1n) is 6.50. The van der Waals surface area contributed by atoms with E-state index in [9.17, 15) is 4.79 Å². The summed E-state index contributed by atoms with van der Waals surface area (Å²) in [5, 5.41) is 8.55. The number of hydrogen-bond acceptors (Lipinski definition) is 3. The van der Waals surface area contributed by atoms with Gasteiger partial charge in [-0.25, -0.2) is 0 Å². The highest BCUT2D eigenvalue weighted by molar-refractivity contribution is 5.76. The fourth-order valence-electron chi connectivity index (χ4n) is 1.76. The molecule has 4 nitrogen and oxygen atoms in total. The Kier molecular flexibility index (Phi) is 9.46. The smallest absolute Gasteiger partial charge is 0.222 e. The molecule has 0 bridgehead atoms. The molecule has 0 aliphatic rings. The Hall–Kier alpha value is -1.08. The second kappa shape index (κ2) is 10.1. The maximum atomic E-state index is 11.9. The van der Waals surface area contributed by atoms with Crippen LogP contribution >= 0.6 is 0 Å². The van der Waals surface area contributed by atoms with Gasteiger partial charge in [-0.1, -0.05) is 12.8 Å². The van der Waals surface area contributed by atoms with Gasteiger partial charge in [0.05, 0.1) is 12.5 Å². The largest absolute Gasteiger partial charge is 0.339 e. The Morgan fingerprint density at radius 1 is 1.29 bits per heavy atom. The first kappa shape index (κ1) is 15.9. The van der Waals surface area contributed by atoms with Gasteiger partial charge >= 0.3 is 0 Å². The van der Waals surface area contributed by atoms with Crippen LogP contribution in [0.25, 0.3) is 0 Å². The number of hydrogen-bond donors (Lipinski definition) is 1. The van der Waals surface area contributed by atoms with Crippen LogP contribution < -0.4 is 5.73 Å². The van der Waals surface area contributed by atoms with Gasteiger partial charge in [0.25, 0.3) is 0 Å². The lowest BCUT2D eigenvalue weighted by atomic mass is 10.1. The standard InChI is InChI=1S/C13H25N3O/c1-12(2)16(11-7-10-15)13(17)8-5-3-4-6-9-14/h12H,3-9,11,14H2,1-2H3. The Balaban J connectivity index is 3.86. The van der Waals surface area contributed by atoms with E-state index < -0.39 is 0 Å². The molecule has 2 N–H and O–H groups in total. The van der Waals surface area contributed by atoms with Crippen LogP contribution in [0.4, 0.5) is 0 Å². The second-order valence-corrected chi connectivity index (χ2v) is 4.54. The van der Waals surface area contributed by atoms with Crippen molar-refractivity contribution >= 4 is 5.91 Å². The van der Waals surface area contributed by atoms with E-state index in [0.717, 1.165) is 32.2 Å². The monoisotopic (exact) mass is 239 g/mol. The van der Waals surface area contributed by atoms with Gasteiger partial charge in [-0.05, 0) is 33.2 Å². The maximum absolute atomic E-state index is 11.9. The van der Waals surface area contributed by atoms with Crippen molar-refractivity contribution in [1.82, 2.24) is 4.90 Å². The van der Waals surface area contributed by atoms with Gasteiger partial charge in [0.2, 0.25) is 5.91 Å². The topological polar surface area (TPSA) is 70.1 Å². The van der Waals surface area contributed by atoms with Gasteiger partial charge in [-0.3, -0.25) is 4.79 Å². The zero-order valence-corrected chi connectivity index (χ0v) is 11.1. The fraction of sp³-hybridized carbons (Fsp3) is 0.846. The van der Waals surface area contributed by atoms with Gasteiger partial charge < -0.3 is 10.6 Å². The van der Waals surface area contributed by atoms with Crippen LogP contribution in [0.1, 0.15) is 52.4 Å². The minimum atomic E-state index is 0.169. The first-order valence-corrected chi connectivity index (χ1v) is 6.50. The lowest BCUT2D eigenvalue weighted by Gasteiger charge is -2.25. The van der Waals surface area contributed by atoms with E-state index >= 15 is 0 Å². The molecule has 4 heteroatoms. The van der Waals surface area contributed by atoms with Crippen molar-refractivity contribution < 1.29 is 4.79 Å². The van der Waals surface area contributed by atoms with Crippen LogP contribution in [-0.2, 0) is 4.79 Å². The molecule has 0 spiro atoms.